The number of carbonyl (C=O) groups is 1. The van der Waals surface area contributed by atoms with Crippen LogP contribution in [0.3, 0.4) is 0 Å². The first kappa shape index (κ1) is 11.5. The van der Waals surface area contributed by atoms with Gasteiger partial charge in [-0.3, -0.25) is 4.79 Å². The van der Waals surface area contributed by atoms with Gasteiger partial charge >= 0.3 is 0 Å². The first-order chi connectivity index (χ1) is 6.74. The van der Waals surface area contributed by atoms with Gasteiger partial charge in [0.05, 0.1) is 5.69 Å². The van der Waals surface area contributed by atoms with Crippen molar-refractivity contribution in [3.05, 3.63) is 24.3 Å². The van der Waals surface area contributed by atoms with E-state index in [1.54, 1.807) is 11.8 Å². The minimum atomic E-state index is -0.0380. The molecule has 0 bridgehead atoms. The first-order valence-electron chi connectivity index (χ1n) is 4.34. The highest BCUT2D eigenvalue weighted by Crippen LogP contribution is 2.26. The molecule has 14 heavy (non-hydrogen) atoms. The molecule has 0 aliphatic carbocycles. The number of hydrogen-bond donors (Lipinski definition) is 2. The van der Waals surface area contributed by atoms with Crippen LogP contribution >= 0.6 is 24.4 Å². The number of anilines is 1. The van der Waals surface area contributed by atoms with Crippen molar-refractivity contribution >= 4 is 36.0 Å². The summed E-state index contributed by atoms with van der Waals surface area (Å²) in [5, 5.41) is 2.80. The van der Waals surface area contributed by atoms with E-state index in [2.05, 4.69) is 17.9 Å². The van der Waals surface area contributed by atoms with Crippen molar-refractivity contribution in [1.82, 2.24) is 0 Å². The van der Waals surface area contributed by atoms with Crippen molar-refractivity contribution < 1.29 is 4.79 Å². The van der Waals surface area contributed by atoms with Crippen LogP contribution in [0.5, 0.6) is 0 Å². The summed E-state index contributed by atoms with van der Waals surface area (Å²) in [6.45, 7) is 1.51. The number of thiol groups is 1. The molecule has 0 fully saturated rings. The average molecular weight is 227 g/mol. The number of carbonyl (C=O) groups excluding carboxylic acids is 1. The molecule has 1 amide bonds. The minimum Gasteiger partial charge on any atom is -0.325 e. The number of thioether (sulfide) groups is 1. The second-order valence-electron chi connectivity index (χ2n) is 2.75. The van der Waals surface area contributed by atoms with Gasteiger partial charge in [0.25, 0.3) is 0 Å². The lowest BCUT2D eigenvalue weighted by atomic mass is 10.3. The highest BCUT2D eigenvalue weighted by molar-refractivity contribution is 8.00. The van der Waals surface area contributed by atoms with Crippen LogP contribution < -0.4 is 5.32 Å². The molecule has 4 heteroatoms. The summed E-state index contributed by atoms with van der Waals surface area (Å²) >= 11 is 5.84. The molecule has 0 aromatic heterocycles. The van der Waals surface area contributed by atoms with Crippen molar-refractivity contribution in [2.24, 2.45) is 0 Å². The van der Waals surface area contributed by atoms with Gasteiger partial charge in [-0.1, -0.05) is 12.1 Å². The average Bonchev–Trinajstić information content (AvgIpc) is 2.16. The summed E-state index contributed by atoms with van der Waals surface area (Å²) in [6, 6.07) is 7.78. The van der Waals surface area contributed by atoms with Gasteiger partial charge in [0.1, 0.15) is 0 Å². The van der Waals surface area contributed by atoms with Gasteiger partial charge in [0, 0.05) is 17.6 Å². The van der Waals surface area contributed by atoms with E-state index in [-0.39, 0.29) is 5.91 Å². The van der Waals surface area contributed by atoms with Crippen LogP contribution in [0.25, 0.3) is 0 Å². The van der Waals surface area contributed by atoms with Gasteiger partial charge in [-0.15, -0.1) is 11.8 Å². The normalized spacial score (nSPS) is 9.86. The molecule has 0 spiro atoms. The van der Waals surface area contributed by atoms with Gasteiger partial charge in [-0.25, -0.2) is 0 Å². The van der Waals surface area contributed by atoms with Crippen LogP contribution in [-0.4, -0.2) is 17.4 Å². The van der Waals surface area contributed by atoms with Crippen molar-refractivity contribution in [3.63, 3.8) is 0 Å². The lowest BCUT2D eigenvalue weighted by Gasteiger charge is -2.08. The lowest BCUT2D eigenvalue weighted by Crippen LogP contribution is -2.06. The molecule has 0 atom stereocenters. The molecule has 0 unspecified atom stereocenters. The van der Waals surface area contributed by atoms with Crippen molar-refractivity contribution in [2.45, 2.75) is 11.8 Å². The lowest BCUT2D eigenvalue weighted by molar-refractivity contribution is -0.114. The molecule has 1 aromatic carbocycles. The SMILES string of the molecule is CC(=O)Nc1ccccc1SCCS. The second-order valence-corrected chi connectivity index (χ2v) is 4.33. The molecule has 1 N–H and O–H groups in total. The predicted octanol–water partition coefficient (Wildman–Crippen LogP) is 2.67. The highest BCUT2D eigenvalue weighted by Gasteiger charge is 2.02. The summed E-state index contributed by atoms with van der Waals surface area (Å²) in [5.74, 6) is 1.74. The Morgan fingerprint density at radius 2 is 2.21 bits per heavy atom. The molecule has 0 aliphatic rings. The molecule has 2 nitrogen and oxygen atoms in total. The van der Waals surface area contributed by atoms with Gasteiger partial charge in [-0.2, -0.15) is 12.6 Å². The number of amides is 1. The maximum absolute atomic E-state index is 10.9. The summed E-state index contributed by atoms with van der Waals surface area (Å²) in [6.07, 6.45) is 0. The van der Waals surface area contributed by atoms with Crippen molar-refractivity contribution in [2.75, 3.05) is 16.8 Å². The zero-order chi connectivity index (χ0) is 10.4. The summed E-state index contributed by atoms with van der Waals surface area (Å²) in [5.41, 5.74) is 0.881. The third kappa shape index (κ3) is 3.64. The molecule has 0 saturated carbocycles. The van der Waals surface area contributed by atoms with Gasteiger partial charge in [0.15, 0.2) is 0 Å². The maximum atomic E-state index is 10.9. The molecular formula is C10H13NOS2. The van der Waals surface area contributed by atoms with Crippen LogP contribution in [0.1, 0.15) is 6.92 Å². The Labute approximate surface area is 93.9 Å². The Morgan fingerprint density at radius 3 is 2.86 bits per heavy atom. The van der Waals surface area contributed by atoms with Crippen LogP contribution in [0.15, 0.2) is 29.2 Å². The molecule has 0 saturated heterocycles. The predicted molar refractivity (Wildman–Crippen MR) is 65.3 cm³/mol. The smallest absolute Gasteiger partial charge is 0.221 e. The standard InChI is InChI=1S/C10H13NOS2/c1-8(12)11-9-4-2-3-5-10(9)14-7-6-13/h2-5,13H,6-7H2,1H3,(H,11,12). The van der Waals surface area contributed by atoms with E-state index in [4.69, 9.17) is 0 Å². The van der Waals surface area contributed by atoms with E-state index in [1.807, 2.05) is 24.3 Å². The van der Waals surface area contributed by atoms with E-state index in [9.17, 15) is 4.79 Å². The quantitative estimate of drug-likeness (QED) is 0.611. The number of benzene rings is 1. The monoisotopic (exact) mass is 227 g/mol. The van der Waals surface area contributed by atoms with Crippen LogP contribution in [0, 0.1) is 0 Å². The van der Waals surface area contributed by atoms with Crippen molar-refractivity contribution in [3.8, 4) is 0 Å². The Hall–Kier alpha value is -0.610. The molecule has 1 rings (SSSR count). The zero-order valence-corrected chi connectivity index (χ0v) is 9.70. The van der Waals surface area contributed by atoms with Crippen LogP contribution in [0.2, 0.25) is 0 Å². The Balaban J connectivity index is 2.74. The molecule has 0 heterocycles. The Bertz CT molecular complexity index is 315. The Morgan fingerprint density at radius 1 is 1.50 bits per heavy atom. The third-order valence-electron chi connectivity index (χ3n) is 1.55. The zero-order valence-electron chi connectivity index (χ0n) is 7.99. The number of hydrogen-bond acceptors (Lipinski definition) is 3. The number of nitrogens with one attached hydrogen (secondary N) is 1. The molecule has 0 aliphatic heterocycles. The van der Waals surface area contributed by atoms with E-state index in [1.165, 1.54) is 6.92 Å². The van der Waals surface area contributed by atoms with Gasteiger partial charge in [0.2, 0.25) is 5.91 Å². The summed E-state index contributed by atoms with van der Waals surface area (Å²) in [4.78, 5) is 12.0. The fourth-order valence-electron chi connectivity index (χ4n) is 1.04. The summed E-state index contributed by atoms with van der Waals surface area (Å²) < 4.78 is 0. The summed E-state index contributed by atoms with van der Waals surface area (Å²) in [7, 11) is 0. The molecule has 1 aromatic rings. The molecule has 76 valence electrons. The van der Waals surface area contributed by atoms with Gasteiger partial charge in [-0.05, 0) is 17.9 Å². The Kier molecular flexibility index (Phi) is 4.90. The van der Waals surface area contributed by atoms with E-state index in [0.29, 0.717) is 0 Å². The van der Waals surface area contributed by atoms with Crippen LogP contribution in [0.4, 0.5) is 5.69 Å². The van der Waals surface area contributed by atoms with Crippen molar-refractivity contribution in [1.29, 1.82) is 0 Å². The molecular weight excluding hydrogens is 214 g/mol. The van der Waals surface area contributed by atoms with E-state index < -0.39 is 0 Å². The first-order valence-corrected chi connectivity index (χ1v) is 5.96. The van der Waals surface area contributed by atoms with E-state index in [0.717, 1.165) is 22.1 Å². The fourth-order valence-corrected chi connectivity index (χ4v) is 2.08. The topological polar surface area (TPSA) is 29.1 Å². The van der Waals surface area contributed by atoms with Crippen LogP contribution in [-0.2, 0) is 4.79 Å². The number of rotatable bonds is 4. The number of para-hydroxylation sites is 1. The van der Waals surface area contributed by atoms with Gasteiger partial charge < -0.3 is 5.32 Å². The second kappa shape index (κ2) is 5.98. The fraction of sp³-hybridized carbons (Fsp3) is 0.300. The molecule has 0 radical (unpaired) electrons. The highest BCUT2D eigenvalue weighted by atomic mass is 32.2. The minimum absolute atomic E-state index is 0.0380. The largest absolute Gasteiger partial charge is 0.325 e. The maximum Gasteiger partial charge on any atom is 0.221 e. The van der Waals surface area contributed by atoms with E-state index >= 15 is 0 Å². The third-order valence-corrected chi connectivity index (χ3v) is 3.15.